The molecule has 3 rings (SSSR count). The summed E-state index contributed by atoms with van der Waals surface area (Å²) in [6, 6.07) is 4.51. The minimum Gasteiger partial charge on any atom is -1.00 e. The SMILES string of the molecule is CCCC[NH+](CC)c1nc(C)nc2c1c(C)cn2-c1c(C)cc(C)cc1C.[Cl-]. The van der Waals surface area contributed by atoms with Gasteiger partial charge in [0.05, 0.1) is 18.8 Å². The molecule has 152 valence electrons. The summed E-state index contributed by atoms with van der Waals surface area (Å²) in [4.78, 5) is 11.2. The van der Waals surface area contributed by atoms with Crippen molar-refractivity contribution in [3.63, 3.8) is 0 Å². The van der Waals surface area contributed by atoms with E-state index in [0.717, 1.165) is 30.4 Å². The molecule has 0 aliphatic heterocycles. The van der Waals surface area contributed by atoms with E-state index in [1.807, 2.05) is 6.92 Å². The van der Waals surface area contributed by atoms with E-state index in [4.69, 9.17) is 9.97 Å². The van der Waals surface area contributed by atoms with Gasteiger partial charge >= 0.3 is 0 Å². The largest absolute Gasteiger partial charge is 1.00 e. The Morgan fingerprint density at radius 3 is 2.14 bits per heavy atom. The van der Waals surface area contributed by atoms with Crippen molar-refractivity contribution in [2.45, 2.75) is 61.3 Å². The molecule has 0 aliphatic carbocycles. The first-order valence-corrected chi connectivity index (χ1v) is 10.2. The quantitative estimate of drug-likeness (QED) is 0.677. The predicted octanol–water partition coefficient (Wildman–Crippen LogP) is 1.30. The van der Waals surface area contributed by atoms with Crippen LogP contribution in [0.4, 0.5) is 5.82 Å². The van der Waals surface area contributed by atoms with Gasteiger partial charge in [-0.2, -0.15) is 4.98 Å². The third-order valence-corrected chi connectivity index (χ3v) is 5.42. The number of halogens is 1. The summed E-state index contributed by atoms with van der Waals surface area (Å²) in [7, 11) is 0. The number of aryl methyl sites for hydroxylation is 5. The first-order valence-electron chi connectivity index (χ1n) is 10.2. The third-order valence-electron chi connectivity index (χ3n) is 5.42. The van der Waals surface area contributed by atoms with Gasteiger partial charge in [-0.25, -0.2) is 4.98 Å². The molecule has 0 spiro atoms. The fourth-order valence-corrected chi connectivity index (χ4v) is 4.25. The molecule has 4 nitrogen and oxygen atoms in total. The molecule has 0 aliphatic rings. The maximum atomic E-state index is 4.89. The first-order chi connectivity index (χ1) is 12.9. The number of unbranched alkanes of at least 4 members (excludes halogenated alkanes) is 1. The Kier molecular flexibility index (Phi) is 7.24. The highest BCUT2D eigenvalue weighted by Crippen LogP contribution is 2.30. The topological polar surface area (TPSA) is 35.2 Å². The van der Waals surface area contributed by atoms with Gasteiger partial charge in [0, 0.05) is 6.20 Å². The second-order valence-electron chi connectivity index (χ2n) is 7.81. The standard InChI is InChI=1S/C23H32N4.ClH/c1-8-10-11-26(9-2)22-20-18(6)14-27(23(20)25-19(7)24-22)21-16(4)12-15(3)13-17(21)5;/h12-14H,8-11H2,1-7H3;1H. The number of aromatic nitrogens is 3. The second-order valence-corrected chi connectivity index (χ2v) is 7.81. The van der Waals surface area contributed by atoms with Crippen molar-refractivity contribution in [2.24, 2.45) is 0 Å². The van der Waals surface area contributed by atoms with E-state index in [2.05, 4.69) is 64.4 Å². The van der Waals surface area contributed by atoms with Gasteiger partial charge in [-0.3, -0.25) is 4.90 Å². The monoisotopic (exact) mass is 400 g/mol. The van der Waals surface area contributed by atoms with Crippen molar-refractivity contribution < 1.29 is 17.3 Å². The van der Waals surface area contributed by atoms with Crippen LogP contribution < -0.4 is 17.3 Å². The van der Waals surface area contributed by atoms with Gasteiger partial charge in [-0.15, -0.1) is 0 Å². The zero-order valence-electron chi connectivity index (χ0n) is 18.3. The Labute approximate surface area is 175 Å². The molecule has 0 fully saturated rings. The lowest BCUT2D eigenvalue weighted by atomic mass is 10.1. The van der Waals surface area contributed by atoms with E-state index >= 15 is 0 Å². The van der Waals surface area contributed by atoms with Gasteiger partial charge in [0.1, 0.15) is 11.2 Å². The number of benzene rings is 1. The normalized spacial score (nSPS) is 12.2. The van der Waals surface area contributed by atoms with Crippen molar-refractivity contribution >= 4 is 16.9 Å². The molecular formula is C23H33ClN4. The van der Waals surface area contributed by atoms with E-state index < -0.39 is 0 Å². The molecule has 1 N–H and O–H groups in total. The van der Waals surface area contributed by atoms with Crippen LogP contribution in [-0.2, 0) is 0 Å². The van der Waals surface area contributed by atoms with Gasteiger partial charge in [-0.05, 0) is 64.7 Å². The van der Waals surface area contributed by atoms with Crippen LogP contribution in [0.3, 0.4) is 0 Å². The Balaban J connectivity index is 0.00000280. The maximum absolute atomic E-state index is 4.89. The average Bonchev–Trinajstić information content (AvgIpc) is 2.91. The Bertz CT molecular complexity index is 951. The molecule has 3 aromatic rings. The highest BCUT2D eigenvalue weighted by molar-refractivity contribution is 5.89. The fourth-order valence-electron chi connectivity index (χ4n) is 4.25. The van der Waals surface area contributed by atoms with E-state index in [0.29, 0.717) is 0 Å². The number of nitrogens with one attached hydrogen (secondary N) is 1. The van der Waals surface area contributed by atoms with Crippen LogP contribution in [0.25, 0.3) is 16.7 Å². The molecule has 2 heterocycles. The van der Waals surface area contributed by atoms with Crippen LogP contribution >= 0.6 is 0 Å². The van der Waals surface area contributed by atoms with E-state index in [1.165, 1.54) is 51.1 Å². The molecule has 28 heavy (non-hydrogen) atoms. The lowest BCUT2D eigenvalue weighted by molar-refractivity contribution is -0.832. The second kappa shape index (κ2) is 9.06. The van der Waals surface area contributed by atoms with E-state index in [1.54, 1.807) is 0 Å². The lowest BCUT2D eigenvalue weighted by Crippen LogP contribution is -3.07. The summed E-state index contributed by atoms with van der Waals surface area (Å²) in [5, 5.41) is 1.22. The summed E-state index contributed by atoms with van der Waals surface area (Å²) >= 11 is 0. The Hall–Kier alpha value is -1.91. The van der Waals surface area contributed by atoms with Crippen LogP contribution in [-0.4, -0.2) is 27.6 Å². The molecular weight excluding hydrogens is 368 g/mol. The molecule has 0 saturated carbocycles. The van der Waals surface area contributed by atoms with Crippen LogP contribution in [0.5, 0.6) is 0 Å². The zero-order chi connectivity index (χ0) is 19.7. The molecule has 1 unspecified atom stereocenters. The molecule has 5 heteroatoms. The number of hydrogen-bond donors (Lipinski definition) is 1. The zero-order valence-corrected chi connectivity index (χ0v) is 19.0. The Morgan fingerprint density at radius 1 is 0.929 bits per heavy atom. The van der Waals surface area contributed by atoms with Crippen molar-refractivity contribution in [1.82, 2.24) is 14.5 Å². The first kappa shape index (κ1) is 22.4. The number of rotatable bonds is 6. The van der Waals surface area contributed by atoms with Crippen LogP contribution in [0.2, 0.25) is 0 Å². The number of nitrogens with zero attached hydrogens (tertiary/aromatic N) is 3. The summed E-state index contributed by atoms with van der Waals surface area (Å²) in [5.41, 5.74) is 7.40. The average molecular weight is 401 g/mol. The minimum absolute atomic E-state index is 0. The Morgan fingerprint density at radius 2 is 1.57 bits per heavy atom. The summed E-state index contributed by atoms with van der Waals surface area (Å²) in [6.07, 6.45) is 4.65. The fraction of sp³-hybridized carbons (Fsp3) is 0.478. The number of fused-ring (bicyclic) bond motifs is 1. The van der Waals surface area contributed by atoms with E-state index in [9.17, 15) is 0 Å². The molecule has 0 bridgehead atoms. The van der Waals surface area contributed by atoms with Crippen LogP contribution in [0.15, 0.2) is 18.3 Å². The van der Waals surface area contributed by atoms with Gasteiger partial charge in [0.25, 0.3) is 0 Å². The minimum atomic E-state index is 0. The molecule has 1 aromatic carbocycles. The number of hydrogen-bond acceptors (Lipinski definition) is 2. The number of quaternary nitrogens is 1. The van der Waals surface area contributed by atoms with Gasteiger partial charge in [0.2, 0.25) is 5.82 Å². The molecule has 2 aromatic heterocycles. The van der Waals surface area contributed by atoms with Crippen LogP contribution in [0.1, 0.15) is 54.8 Å². The lowest BCUT2D eigenvalue weighted by Gasteiger charge is -2.18. The highest BCUT2D eigenvalue weighted by atomic mass is 35.5. The van der Waals surface area contributed by atoms with E-state index in [-0.39, 0.29) is 12.4 Å². The summed E-state index contributed by atoms with van der Waals surface area (Å²) in [6.45, 7) is 17.4. The van der Waals surface area contributed by atoms with Crippen molar-refractivity contribution in [3.8, 4) is 5.69 Å². The van der Waals surface area contributed by atoms with Crippen molar-refractivity contribution in [2.75, 3.05) is 13.1 Å². The highest BCUT2D eigenvalue weighted by Gasteiger charge is 2.23. The van der Waals surface area contributed by atoms with Crippen molar-refractivity contribution in [1.29, 1.82) is 0 Å². The predicted molar refractivity (Wildman–Crippen MR) is 113 cm³/mol. The van der Waals surface area contributed by atoms with Crippen molar-refractivity contribution in [3.05, 3.63) is 46.4 Å². The molecule has 0 radical (unpaired) electrons. The summed E-state index contributed by atoms with van der Waals surface area (Å²) < 4.78 is 2.28. The van der Waals surface area contributed by atoms with Gasteiger partial charge in [-0.1, -0.05) is 31.0 Å². The van der Waals surface area contributed by atoms with Crippen LogP contribution in [0, 0.1) is 34.6 Å². The molecule has 0 amide bonds. The molecule has 0 saturated heterocycles. The smallest absolute Gasteiger partial charge is 0.239 e. The maximum Gasteiger partial charge on any atom is 0.239 e. The van der Waals surface area contributed by atoms with Gasteiger partial charge in [0.15, 0.2) is 5.65 Å². The summed E-state index contributed by atoms with van der Waals surface area (Å²) in [5.74, 6) is 2.01. The third kappa shape index (κ3) is 4.08. The molecule has 1 atom stereocenters. The van der Waals surface area contributed by atoms with Gasteiger partial charge < -0.3 is 17.0 Å².